The van der Waals surface area contributed by atoms with Crippen LogP contribution in [0.25, 0.3) is 0 Å². The maximum absolute atomic E-state index is 9.17. The molecule has 0 unspecified atom stereocenters. The SMILES string of the molecule is CN(Cc1cccs1)CC1CC(O)C1. The molecule has 1 aromatic heterocycles. The van der Waals surface area contributed by atoms with Crippen molar-refractivity contribution in [3.05, 3.63) is 22.4 Å². The third-order valence-corrected chi connectivity index (χ3v) is 3.65. The van der Waals surface area contributed by atoms with Crippen LogP contribution in [0.1, 0.15) is 17.7 Å². The molecule has 0 saturated heterocycles. The molecule has 0 amide bonds. The van der Waals surface area contributed by atoms with Gasteiger partial charge in [0.15, 0.2) is 0 Å². The molecule has 1 fully saturated rings. The fourth-order valence-electron chi connectivity index (χ4n) is 2.02. The van der Waals surface area contributed by atoms with Crippen LogP contribution in [0, 0.1) is 5.92 Å². The summed E-state index contributed by atoms with van der Waals surface area (Å²) < 4.78 is 0. The zero-order valence-corrected chi connectivity index (χ0v) is 9.33. The van der Waals surface area contributed by atoms with Crippen LogP contribution < -0.4 is 0 Å². The molecule has 3 heteroatoms. The Hall–Kier alpha value is -0.380. The Bertz CT molecular complexity index is 267. The first-order valence-corrected chi connectivity index (χ1v) is 6.01. The standard InChI is InChI=1S/C11H17NOS/c1-12(7-9-5-10(13)6-9)8-11-3-2-4-14-11/h2-4,9-10,13H,5-8H2,1H3. The number of hydrogen-bond donors (Lipinski definition) is 1. The Morgan fingerprint density at radius 3 is 2.93 bits per heavy atom. The van der Waals surface area contributed by atoms with E-state index >= 15 is 0 Å². The lowest BCUT2D eigenvalue weighted by molar-refractivity contribution is 0.0275. The maximum atomic E-state index is 9.17. The van der Waals surface area contributed by atoms with Gasteiger partial charge in [0, 0.05) is 18.0 Å². The van der Waals surface area contributed by atoms with E-state index in [4.69, 9.17) is 0 Å². The van der Waals surface area contributed by atoms with Crippen molar-refractivity contribution in [2.75, 3.05) is 13.6 Å². The molecule has 1 heterocycles. The Kier molecular flexibility index (Phi) is 3.21. The number of rotatable bonds is 4. The smallest absolute Gasteiger partial charge is 0.0546 e. The molecule has 2 rings (SSSR count). The van der Waals surface area contributed by atoms with Crippen molar-refractivity contribution in [2.45, 2.75) is 25.5 Å². The summed E-state index contributed by atoms with van der Waals surface area (Å²) in [7, 11) is 2.16. The van der Waals surface area contributed by atoms with Gasteiger partial charge in [-0.15, -0.1) is 11.3 Å². The highest BCUT2D eigenvalue weighted by Crippen LogP contribution is 2.28. The normalized spacial score (nSPS) is 26.5. The quantitative estimate of drug-likeness (QED) is 0.823. The zero-order chi connectivity index (χ0) is 9.97. The van der Waals surface area contributed by atoms with Crippen molar-refractivity contribution < 1.29 is 5.11 Å². The molecule has 1 aliphatic rings. The van der Waals surface area contributed by atoms with E-state index in [9.17, 15) is 5.11 Å². The third-order valence-electron chi connectivity index (χ3n) is 2.79. The number of hydrogen-bond acceptors (Lipinski definition) is 3. The summed E-state index contributed by atoms with van der Waals surface area (Å²) in [5.41, 5.74) is 0. The topological polar surface area (TPSA) is 23.5 Å². The minimum atomic E-state index is -0.0184. The van der Waals surface area contributed by atoms with Gasteiger partial charge in [0.2, 0.25) is 0 Å². The van der Waals surface area contributed by atoms with Crippen molar-refractivity contribution >= 4 is 11.3 Å². The number of aliphatic hydroxyl groups is 1. The summed E-state index contributed by atoms with van der Waals surface area (Å²) in [5, 5.41) is 11.3. The van der Waals surface area contributed by atoms with Crippen LogP contribution in [-0.2, 0) is 6.54 Å². The van der Waals surface area contributed by atoms with Gasteiger partial charge in [0.25, 0.3) is 0 Å². The molecule has 1 N–H and O–H groups in total. The van der Waals surface area contributed by atoms with Gasteiger partial charge in [-0.2, -0.15) is 0 Å². The molecule has 0 radical (unpaired) electrons. The molecule has 78 valence electrons. The lowest BCUT2D eigenvalue weighted by Gasteiger charge is -2.34. The van der Waals surface area contributed by atoms with Crippen molar-refractivity contribution in [3.8, 4) is 0 Å². The molecule has 0 aliphatic heterocycles. The van der Waals surface area contributed by atoms with E-state index in [0.717, 1.165) is 31.8 Å². The summed E-state index contributed by atoms with van der Waals surface area (Å²) in [4.78, 5) is 3.77. The van der Waals surface area contributed by atoms with Crippen LogP contribution in [0.2, 0.25) is 0 Å². The highest BCUT2D eigenvalue weighted by atomic mass is 32.1. The summed E-state index contributed by atoms with van der Waals surface area (Å²) >= 11 is 1.81. The summed E-state index contributed by atoms with van der Waals surface area (Å²) in [5.74, 6) is 0.718. The Morgan fingerprint density at radius 1 is 1.57 bits per heavy atom. The van der Waals surface area contributed by atoms with Gasteiger partial charge in [-0.1, -0.05) is 6.07 Å². The largest absolute Gasteiger partial charge is 0.393 e. The van der Waals surface area contributed by atoms with Crippen molar-refractivity contribution in [1.29, 1.82) is 0 Å². The number of aliphatic hydroxyl groups excluding tert-OH is 1. The average molecular weight is 211 g/mol. The van der Waals surface area contributed by atoms with E-state index in [-0.39, 0.29) is 6.10 Å². The summed E-state index contributed by atoms with van der Waals surface area (Å²) in [6.45, 7) is 2.17. The second kappa shape index (κ2) is 4.43. The molecular weight excluding hydrogens is 194 g/mol. The Balaban J connectivity index is 1.71. The summed E-state index contributed by atoms with van der Waals surface area (Å²) in [6, 6.07) is 4.28. The summed E-state index contributed by atoms with van der Waals surface area (Å²) in [6.07, 6.45) is 1.97. The van der Waals surface area contributed by atoms with E-state index < -0.39 is 0 Å². The van der Waals surface area contributed by atoms with Gasteiger partial charge in [0.05, 0.1) is 6.10 Å². The Labute approximate surface area is 89.2 Å². The van der Waals surface area contributed by atoms with Crippen molar-refractivity contribution in [3.63, 3.8) is 0 Å². The highest BCUT2D eigenvalue weighted by Gasteiger charge is 2.27. The number of thiophene rings is 1. The predicted octanol–water partition coefficient (Wildman–Crippen LogP) is 1.95. The molecule has 14 heavy (non-hydrogen) atoms. The molecule has 0 bridgehead atoms. The molecule has 1 saturated carbocycles. The van der Waals surface area contributed by atoms with Gasteiger partial charge in [-0.25, -0.2) is 0 Å². The lowest BCUT2D eigenvalue weighted by atomic mass is 9.82. The van der Waals surface area contributed by atoms with Gasteiger partial charge >= 0.3 is 0 Å². The van der Waals surface area contributed by atoms with E-state index in [1.54, 1.807) is 0 Å². The van der Waals surface area contributed by atoms with E-state index in [1.165, 1.54) is 4.88 Å². The van der Waals surface area contributed by atoms with E-state index in [0.29, 0.717) is 0 Å². The third kappa shape index (κ3) is 2.56. The molecule has 0 atom stereocenters. The van der Waals surface area contributed by atoms with Gasteiger partial charge in [0.1, 0.15) is 0 Å². The predicted molar refractivity (Wildman–Crippen MR) is 59.4 cm³/mol. The molecule has 1 aliphatic carbocycles. The molecular formula is C11H17NOS. The highest BCUT2D eigenvalue weighted by molar-refractivity contribution is 7.09. The minimum absolute atomic E-state index is 0.0184. The number of nitrogens with zero attached hydrogens (tertiary/aromatic N) is 1. The van der Waals surface area contributed by atoms with E-state index in [1.807, 2.05) is 11.3 Å². The van der Waals surface area contributed by atoms with Crippen LogP contribution in [-0.4, -0.2) is 29.7 Å². The average Bonchev–Trinajstić information content (AvgIpc) is 2.54. The van der Waals surface area contributed by atoms with Crippen molar-refractivity contribution in [1.82, 2.24) is 4.90 Å². The second-order valence-corrected chi connectivity index (χ2v) is 5.30. The molecule has 1 aromatic rings. The fraction of sp³-hybridized carbons (Fsp3) is 0.636. The zero-order valence-electron chi connectivity index (χ0n) is 8.52. The molecule has 2 nitrogen and oxygen atoms in total. The Morgan fingerprint density at radius 2 is 2.36 bits per heavy atom. The fourth-order valence-corrected chi connectivity index (χ4v) is 2.81. The minimum Gasteiger partial charge on any atom is -0.393 e. The second-order valence-electron chi connectivity index (χ2n) is 4.27. The van der Waals surface area contributed by atoms with Crippen LogP contribution >= 0.6 is 11.3 Å². The van der Waals surface area contributed by atoms with Crippen LogP contribution in [0.3, 0.4) is 0 Å². The monoisotopic (exact) mass is 211 g/mol. The molecule has 0 spiro atoms. The van der Waals surface area contributed by atoms with Crippen LogP contribution in [0.15, 0.2) is 17.5 Å². The van der Waals surface area contributed by atoms with Gasteiger partial charge in [-0.05, 0) is 37.3 Å². The van der Waals surface area contributed by atoms with Crippen LogP contribution in [0.4, 0.5) is 0 Å². The maximum Gasteiger partial charge on any atom is 0.0546 e. The van der Waals surface area contributed by atoms with Crippen LogP contribution in [0.5, 0.6) is 0 Å². The van der Waals surface area contributed by atoms with Crippen molar-refractivity contribution in [2.24, 2.45) is 5.92 Å². The first-order valence-electron chi connectivity index (χ1n) is 5.13. The van der Waals surface area contributed by atoms with Gasteiger partial charge in [-0.3, -0.25) is 0 Å². The van der Waals surface area contributed by atoms with E-state index in [2.05, 4.69) is 29.5 Å². The molecule has 0 aromatic carbocycles. The van der Waals surface area contributed by atoms with Gasteiger partial charge < -0.3 is 10.0 Å². The first kappa shape index (κ1) is 10.1. The first-order chi connectivity index (χ1) is 6.74. The lowest BCUT2D eigenvalue weighted by Crippen LogP contribution is -2.36.